The summed E-state index contributed by atoms with van der Waals surface area (Å²) in [4.78, 5) is 0. The van der Waals surface area contributed by atoms with Gasteiger partial charge in [-0.1, -0.05) is 43.4 Å². The van der Waals surface area contributed by atoms with Crippen molar-refractivity contribution >= 4 is 0 Å². The van der Waals surface area contributed by atoms with Gasteiger partial charge in [-0.05, 0) is 32.1 Å². The van der Waals surface area contributed by atoms with Gasteiger partial charge < -0.3 is 0 Å². The lowest BCUT2D eigenvalue weighted by Crippen LogP contribution is -1.66. The van der Waals surface area contributed by atoms with Crippen molar-refractivity contribution in [2.24, 2.45) is 0 Å². The molecule has 0 aliphatic carbocycles. The molecule has 0 heterocycles. The molecule has 0 N–H and O–H groups in total. The summed E-state index contributed by atoms with van der Waals surface area (Å²) in [6.45, 7) is 2.15. The van der Waals surface area contributed by atoms with Crippen LogP contribution in [0.25, 0.3) is 0 Å². The summed E-state index contributed by atoms with van der Waals surface area (Å²) in [7, 11) is 0. The molecule has 0 aliphatic rings. The normalized spacial score (nSPS) is 11.7. The number of nitrogens with zero attached hydrogens (tertiary/aromatic N) is 1. The van der Waals surface area contributed by atoms with Gasteiger partial charge in [0.05, 0.1) is 6.07 Å². The molecule has 0 aromatic carbocycles. The van der Waals surface area contributed by atoms with Gasteiger partial charge in [0, 0.05) is 6.42 Å². The highest BCUT2D eigenvalue weighted by Gasteiger charge is 1.77. The van der Waals surface area contributed by atoms with Crippen LogP contribution in [0, 0.1) is 11.3 Å². The Morgan fingerprint density at radius 3 is 2.07 bits per heavy atom. The Hall–Kier alpha value is -1.29. The van der Waals surface area contributed by atoms with Crippen LogP contribution in [-0.4, -0.2) is 0 Å². The van der Waals surface area contributed by atoms with E-state index in [-0.39, 0.29) is 0 Å². The molecule has 0 unspecified atom stereocenters. The van der Waals surface area contributed by atoms with Gasteiger partial charge in [0.1, 0.15) is 0 Å². The molecule has 1 nitrogen and oxygen atoms in total. The highest BCUT2D eigenvalue weighted by Crippen LogP contribution is 1.97. The second-order valence-electron chi connectivity index (χ2n) is 3.33. The highest BCUT2D eigenvalue weighted by atomic mass is 14.2. The van der Waals surface area contributed by atoms with Crippen molar-refractivity contribution in [1.82, 2.24) is 0 Å². The van der Waals surface area contributed by atoms with Crippen LogP contribution in [-0.2, 0) is 0 Å². The van der Waals surface area contributed by atoms with Crippen LogP contribution in [0.5, 0.6) is 0 Å². The summed E-state index contributed by atoms with van der Waals surface area (Å²) in [5.74, 6) is 0. The smallest absolute Gasteiger partial charge is 0.0624 e. The molecule has 82 valence electrons. The minimum absolute atomic E-state index is 0.627. The third kappa shape index (κ3) is 12.7. The van der Waals surface area contributed by atoms with E-state index in [0.29, 0.717) is 6.42 Å². The van der Waals surface area contributed by atoms with Gasteiger partial charge in [-0.25, -0.2) is 0 Å². The van der Waals surface area contributed by atoms with Gasteiger partial charge in [-0.15, -0.1) is 0 Å². The summed E-state index contributed by atoms with van der Waals surface area (Å²) >= 11 is 0. The van der Waals surface area contributed by atoms with Gasteiger partial charge in [0.25, 0.3) is 0 Å². The summed E-state index contributed by atoms with van der Waals surface area (Å²) < 4.78 is 0. The first-order chi connectivity index (χ1) is 7.41. The molecule has 0 aromatic heterocycles. The van der Waals surface area contributed by atoms with E-state index in [1.807, 2.05) is 0 Å². The third-order valence-corrected chi connectivity index (χ3v) is 1.93. The summed E-state index contributed by atoms with van der Waals surface area (Å²) in [5, 5.41) is 8.31. The fraction of sp³-hybridized carbons (Fsp3) is 0.500. The van der Waals surface area contributed by atoms with Crippen molar-refractivity contribution in [3.8, 4) is 6.07 Å². The monoisotopic (exact) mass is 203 g/mol. The Bertz CT molecular complexity index is 241. The zero-order valence-corrected chi connectivity index (χ0v) is 9.65. The van der Waals surface area contributed by atoms with Crippen LogP contribution in [0.3, 0.4) is 0 Å². The average Bonchev–Trinajstić information content (AvgIpc) is 2.26. The summed E-state index contributed by atoms with van der Waals surface area (Å²) in [5.41, 5.74) is 0. The van der Waals surface area contributed by atoms with E-state index < -0.39 is 0 Å². The molecule has 0 saturated carbocycles. The van der Waals surface area contributed by atoms with Gasteiger partial charge in [0.15, 0.2) is 0 Å². The van der Waals surface area contributed by atoms with Crippen LogP contribution in [0.4, 0.5) is 0 Å². The van der Waals surface area contributed by atoms with E-state index in [0.717, 1.165) is 32.1 Å². The molecule has 0 saturated heterocycles. The first-order valence-electron chi connectivity index (χ1n) is 5.73. The molecule has 0 aliphatic heterocycles. The number of hydrogen-bond donors (Lipinski definition) is 0. The van der Waals surface area contributed by atoms with E-state index in [2.05, 4.69) is 49.4 Å². The van der Waals surface area contributed by atoms with Crippen LogP contribution >= 0.6 is 0 Å². The maximum atomic E-state index is 8.31. The minimum Gasteiger partial charge on any atom is -0.198 e. The van der Waals surface area contributed by atoms with Gasteiger partial charge in [-0.3, -0.25) is 0 Å². The molecule has 15 heavy (non-hydrogen) atoms. The summed E-state index contributed by atoms with van der Waals surface area (Å²) in [6.07, 6.45) is 18.9. The molecule has 0 atom stereocenters. The number of allylic oxidation sites excluding steroid dienone is 6. The number of nitriles is 1. The van der Waals surface area contributed by atoms with Crippen molar-refractivity contribution in [2.45, 2.75) is 45.4 Å². The first-order valence-corrected chi connectivity index (χ1v) is 5.73. The zero-order chi connectivity index (χ0) is 11.2. The summed E-state index contributed by atoms with van der Waals surface area (Å²) in [6, 6.07) is 2.12. The van der Waals surface area contributed by atoms with Crippen molar-refractivity contribution in [3.05, 3.63) is 36.5 Å². The molecule has 0 fully saturated rings. The van der Waals surface area contributed by atoms with Crippen molar-refractivity contribution in [3.63, 3.8) is 0 Å². The maximum absolute atomic E-state index is 8.31. The zero-order valence-electron chi connectivity index (χ0n) is 9.65. The predicted octanol–water partition coefficient (Wildman–Crippen LogP) is 4.54. The fourth-order valence-electron chi connectivity index (χ4n) is 1.13. The molecular formula is C14H21N. The molecule has 0 bridgehead atoms. The topological polar surface area (TPSA) is 23.8 Å². The van der Waals surface area contributed by atoms with E-state index in [1.165, 1.54) is 0 Å². The molecule has 0 spiro atoms. The van der Waals surface area contributed by atoms with Gasteiger partial charge in [0.2, 0.25) is 0 Å². The Balaban J connectivity index is 3.28. The SMILES string of the molecule is CC/C=C/CC/C=C/C/C=C/CCC#N. The molecule has 0 aromatic rings. The van der Waals surface area contributed by atoms with Crippen molar-refractivity contribution < 1.29 is 0 Å². The Kier molecular flexibility index (Phi) is 11.6. The second-order valence-corrected chi connectivity index (χ2v) is 3.33. The van der Waals surface area contributed by atoms with Crippen LogP contribution in [0.15, 0.2) is 36.5 Å². The predicted molar refractivity (Wildman–Crippen MR) is 66.4 cm³/mol. The molecular weight excluding hydrogens is 182 g/mol. The van der Waals surface area contributed by atoms with Gasteiger partial charge in [-0.2, -0.15) is 5.26 Å². The van der Waals surface area contributed by atoms with E-state index in [4.69, 9.17) is 5.26 Å². The van der Waals surface area contributed by atoms with Gasteiger partial charge >= 0.3 is 0 Å². The van der Waals surface area contributed by atoms with Crippen molar-refractivity contribution in [2.75, 3.05) is 0 Å². The van der Waals surface area contributed by atoms with E-state index in [9.17, 15) is 0 Å². The largest absolute Gasteiger partial charge is 0.198 e. The lowest BCUT2D eigenvalue weighted by molar-refractivity contribution is 1.03. The lowest BCUT2D eigenvalue weighted by Gasteiger charge is -1.86. The second kappa shape index (κ2) is 12.7. The number of hydrogen-bond acceptors (Lipinski definition) is 1. The Labute approximate surface area is 93.8 Å². The minimum atomic E-state index is 0.627. The number of rotatable bonds is 8. The quantitative estimate of drug-likeness (QED) is 0.419. The standard InChI is InChI=1S/C14H21N/c1-2-3-4-5-6-7-8-9-10-11-12-13-14-15/h3-4,7-8,10-11H,2,5-6,9,12-13H2,1H3/b4-3+,8-7+,11-10+. The molecule has 0 amide bonds. The number of unbranched alkanes of at least 4 members (excludes halogenated alkanes) is 2. The fourth-order valence-corrected chi connectivity index (χ4v) is 1.13. The highest BCUT2D eigenvalue weighted by molar-refractivity contribution is 4.95. The Morgan fingerprint density at radius 2 is 1.47 bits per heavy atom. The molecule has 1 heteroatoms. The molecule has 0 rings (SSSR count). The van der Waals surface area contributed by atoms with Crippen LogP contribution in [0.1, 0.15) is 45.4 Å². The average molecular weight is 203 g/mol. The lowest BCUT2D eigenvalue weighted by atomic mass is 10.2. The van der Waals surface area contributed by atoms with Crippen LogP contribution < -0.4 is 0 Å². The molecule has 0 radical (unpaired) electrons. The third-order valence-electron chi connectivity index (χ3n) is 1.93. The van der Waals surface area contributed by atoms with Crippen LogP contribution in [0.2, 0.25) is 0 Å². The van der Waals surface area contributed by atoms with Crippen molar-refractivity contribution in [1.29, 1.82) is 5.26 Å². The maximum Gasteiger partial charge on any atom is 0.0624 e. The van der Waals surface area contributed by atoms with E-state index >= 15 is 0 Å². The first kappa shape index (κ1) is 13.7. The van der Waals surface area contributed by atoms with E-state index in [1.54, 1.807) is 0 Å². The Morgan fingerprint density at radius 1 is 0.867 bits per heavy atom.